The molecule has 3 rings (SSSR count). The molecular weight excluding hydrogens is 528 g/mol. The number of anilines is 1. The van der Waals surface area contributed by atoms with Gasteiger partial charge in [-0.3, -0.25) is 14.9 Å². The molecule has 15 heteroatoms. The second-order valence-electron chi connectivity index (χ2n) is 7.89. The number of hydrogen-bond acceptors (Lipinski definition) is 11. The molecule has 2 N–H and O–H groups in total. The first-order valence-electron chi connectivity index (χ1n) is 11.3. The largest absolute Gasteiger partial charge is 0.467 e. The van der Waals surface area contributed by atoms with Gasteiger partial charge in [-0.05, 0) is 42.7 Å². The third kappa shape index (κ3) is 7.92. The number of esters is 1. The number of nitrogens with zero attached hydrogens (tertiary/aromatic N) is 2. The summed E-state index contributed by atoms with van der Waals surface area (Å²) < 4.78 is 42.5. The number of morpholine rings is 1. The number of carbonyl (C=O) groups is 2. The van der Waals surface area contributed by atoms with E-state index < -0.39 is 45.2 Å². The second-order valence-corrected chi connectivity index (χ2v) is 10.8. The van der Waals surface area contributed by atoms with Crippen molar-refractivity contribution in [3.8, 4) is 0 Å². The van der Waals surface area contributed by atoms with Crippen molar-refractivity contribution in [2.75, 3.05) is 50.2 Å². The maximum absolute atomic E-state index is 12.9. The highest BCUT2D eigenvalue weighted by Crippen LogP contribution is 2.30. The Bertz CT molecular complexity index is 1180. The molecule has 1 aliphatic heterocycles. The molecular formula is C22H28N4O9S2. The smallest absolute Gasteiger partial charge is 0.329 e. The molecule has 1 aromatic heterocycles. The summed E-state index contributed by atoms with van der Waals surface area (Å²) in [4.78, 5) is 35.6. The Morgan fingerprint density at radius 3 is 2.68 bits per heavy atom. The van der Waals surface area contributed by atoms with Crippen molar-refractivity contribution in [1.29, 1.82) is 0 Å². The first-order valence-corrected chi connectivity index (χ1v) is 14.1. The van der Waals surface area contributed by atoms with Crippen molar-refractivity contribution < 1.29 is 36.8 Å². The molecule has 1 aliphatic rings. The van der Waals surface area contributed by atoms with Crippen LogP contribution in [0.2, 0.25) is 0 Å². The highest BCUT2D eigenvalue weighted by atomic mass is 32.2. The normalized spacial score (nSPS) is 15.1. The Hall–Kier alpha value is -3.14. The number of nitro groups is 1. The number of nitro benzene ring substituents is 1. The molecule has 37 heavy (non-hydrogen) atoms. The Labute approximate surface area is 218 Å². The van der Waals surface area contributed by atoms with Crippen LogP contribution in [0.25, 0.3) is 0 Å². The van der Waals surface area contributed by atoms with Gasteiger partial charge in [0.1, 0.15) is 17.5 Å². The van der Waals surface area contributed by atoms with E-state index in [2.05, 4.69) is 10.6 Å². The van der Waals surface area contributed by atoms with Crippen LogP contribution in [0.5, 0.6) is 0 Å². The minimum Gasteiger partial charge on any atom is -0.467 e. The Morgan fingerprint density at radius 2 is 2.03 bits per heavy atom. The fourth-order valence-electron chi connectivity index (χ4n) is 3.44. The van der Waals surface area contributed by atoms with Crippen molar-refractivity contribution in [2.24, 2.45) is 0 Å². The highest BCUT2D eigenvalue weighted by Gasteiger charge is 2.30. The number of amides is 1. The molecule has 0 radical (unpaired) electrons. The summed E-state index contributed by atoms with van der Waals surface area (Å²) in [5.41, 5.74) is -0.552. The fraction of sp³-hybridized carbons (Fsp3) is 0.455. The molecule has 0 unspecified atom stereocenters. The second kappa shape index (κ2) is 13.4. The molecule has 2 aromatic rings. The summed E-state index contributed by atoms with van der Waals surface area (Å²) in [5.74, 6) is -0.265. The molecule has 1 aromatic carbocycles. The first kappa shape index (κ1) is 28.4. The number of sulfonamides is 1. The SMILES string of the molecule is CSCC[C@H](Nc1ccc(S(=O)(=O)N2CCOCC2)cc1[N+](=O)[O-])C(=O)OCC(=O)NCc1ccco1. The molecule has 1 amide bonds. The van der Waals surface area contributed by atoms with Crippen LogP contribution in [0.15, 0.2) is 45.9 Å². The van der Waals surface area contributed by atoms with Gasteiger partial charge in [0.2, 0.25) is 10.0 Å². The number of furan rings is 1. The van der Waals surface area contributed by atoms with Crippen molar-refractivity contribution in [2.45, 2.75) is 23.9 Å². The third-order valence-electron chi connectivity index (χ3n) is 5.38. The molecule has 0 saturated carbocycles. The summed E-state index contributed by atoms with van der Waals surface area (Å²) in [5, 5.41) is 17.1. The van der Waals surface area contributed by atoms with E-state index in [9.17, 15) is 28.1 Å². The number of nitrogens with one attached hydrogen (secondary N) is 2. The average molecular weight is 557 g/mol. The van der Waals surface area contributed by atoms with Gasteiger partial charge in [0, 0.05) is 19.2 Å². The van der Waals surface area contributed by atoms with Crippen LogP contribution < -0.4 is 10.6 Å². The zero-order valence-corrected chi connectivity index (χ0v) is 21.7. The molecule has 13 nitrogen and oxygen atoms in total. The minimum atomic E-state index is -3.96. The summed E-state index contributed by atoms with van der Waals surface area (Å²) in [7, 11) is -3.96. The number of benzene rings is 1. The fourth-order valence-corrected chi connectivity index (χ4v) is 5.34. The molecule has 0 spiro atoms. The lowest BCUT2D eigenvalue weighted by Crippen LogP contribution is -2.40. The van der Waals surface area contributed by atoms with E-state index in [4.69, 9.17) is 13.9 Å². The van der Waals surface area contributed by atoms with Gasteiger partial charge in [-0.15, -0.1) is 0 Å². The van der Waals surface area contributed by atoms with E-state index in [-0.39, 0.29) is 49.9 Å². The van der Waals surface area contributed by atoms with Gasteiger partial charge in [0.15, 0.2) is 6.61 Å². The standard InChI is InChI=1S/C22H28N4O9S2/c1-36-12-6-19(22(28)35-15-21(27)23-14-16-3-2-9-34-16)24-18-5-4-17(13-20(18)26(29)30)37(31,32)25-7-10-33-11-8-25/h2-5,9,13,19,24H,6-8,10-12,14-15H2,1H3,(H,23,27)/t19-/m0/s1. The van der Waals surface area contributed by atoms with Crippen molar-refractivity contribution in [3.05, 3.63) is 52.5 Å². The topological polar surface area (TPSA) is 170 Å². The van der Waals surface area contributed by atoms with E-state index in [1.165, 1.54) is 34.5 Å². The number of hydrogen-bond donors (Lipinski definition) is 2. The zero-order chi connectivity index (χ0) is 26.8. The number of rotatable bonds is 13. The Balaban J connectivity index is 1.70. The quantitative estimate of drug-likeness (QED) is 0.209. The van der Waals surface area contributed by atoms with E-state index in [1.54, 1.807) is 12.1 Å². The summed E-state index contributed by atoms with van der Waals surface area (Å²) in [6.45, 7) is 0.350. The highest BCUT2D eigenvalue weighted by molar-refractivity contribution is 7.98. The number of thioether (sulfide) groups is 1. The van der Waals surface area contributed by atoms with Gasteiger partial charge in [-0.2, -0.15) is 16.1 Å². The van der Waals surface area contributed by atoms with Crippen LogP contribution in [0, 0.1) is 10.1 Å². The zero-order valence-electron chi connectivity index (χ0n) is 20.1. The molecule has 1 fully saturated rings. The molecule has 1 saturated heterocycles. The van der Waals surface area contributed by atoms with Gasteiger partial charge in [0.05, 0.1) is 35.8 Å². The summed E-state index contributed by atoms with van der Waals surface area (Å²) in [6, 6.07) is 5.81. The Morgan fingerprint density at radius 1 is 1.27 bits per heavy atom. The average Bonchev–Trinajstić information content (AvgIpc) is 3.42. The molecule has 202 valence electrons. The lowest BCUT2D eigenvalue weighted by atomic mass is 10.2. The number of ether oxygens (including phenoxy) is 2. The van der Waals surface area contributed by atoms with Crippen LogP contribution in [-0.4, -0.2) is 80.5 Å². The van der Waals surface area contributed by atoms with Gasteiger partial charge >= 0.3 is 5.97 Å². The van der Waals surface area contributed by atoms with Crippen molar-refractivity contribution in [3.63, 3.8) is 0 Å². The lowest BCUT2D eigenvalue weighted by Gasteiger charge is -2.26. The van der Waals surface area contributed by atoms with E-state index in [0.29, 0.717) is 11.5 Å². The predicted octanol–water partition coefficient (Wildman–Crippen LogP) is 1.60. The lowest BCUT2D eigenvalue weighted by molar-refractivity contribution is -0.384. The summed E-state index contributed by atoms with van der Waals surface area (Å²) in [6.07, 6.45) is 3.55. The first-order chi connectivity index (χ1) is 17.7. The van der Waals surface area contributed by atoms with Gasteiger partial charge < -0.3 is 24.5 Å². The van der Waals surface area contributed by atoms with E-state index in [0.717, 1.165) is 6.07 Å². The van der Waals surface area contributed by atoms with E-state index >= 15 is 0 Å². The maximum Gasteiger partial charge on any atom is 0.329 e. The van der Waals surface area contributed by atoms with Crippen LogP contribution in [0.4, 0.5) is 11.4 Å². The van der Waals surface area contributed by atoms with Crippen molar-refractivity contribution in [1.82, 2.24) is 9.62 Å². The molecule has 0 aliphatic carbocycles. The van der Waals surface area contributed by atoms with Crippen LogP contribution in [0.3, 0.4) is 0 Å². The summed E-state index contributed by atoms with van der Waals surface area (Å²) >= 11 is 1.45. The van der Waals surface area contributed by atoms with Gasteiger partial charge in [-0.25, -0.2) is 13.2 Å². The van der Waals surface area contributed by atoms with Crippen LogP contribution >= 0.6 is 11.8 Å². The predicted molar refractivity (Wildman–Crippen MR) is 135 cm³/mol. The van der Waals surface area contributed by atoms with Crippen molar-refractivity contribution >= 4 is 45.0 Å². The van der Waals surface area contributed by atoms with E-state index in [1.807, 2.05) is 6.26 Å². The molecule has 2 heterocycles. The maximum atomic E-state index is 12.9. The molecule has 1 atom stereocenters. The monoisotopic (exact) mass is 556 g/mol. The minimum absolute atomic E-state index is 0.0451. The third-order valence-corrected chi connectivity index (χ3v) is 7.92. The molecule has 0 bridgehead atoms. The number of carbonyl (C=O) groups excluding carboxylic acids is 2. The van der Waals surface area contributed by atoms with Crippen LogP contribution in [-0.2, 0) is 35.6 Å². The van der Waals surface area contributed by atoms with Gasteiger partial charge in [0.25, 0.3) is 11.6 Å². The van der Waals surface area contributed by atoms with Crippen LogP contribution in [0.1, 0.15) is 12.2 Å². The van der Waals surface area contributed by atoms with Gasteiger partial charge in [-0.1, -0.05) is 0 Å². The Kier molecular flexibility index (Phi) is 10.3.